The summed E-state index contributed by atoms with van der Waals surface area (Å²) in [4.78, 5) is 8.71. The smallest absolute Gasteiger partial charge is 0.213 e. The molecule has 0 bridgehead atoms. The lowest BCUT2D eigenvalue weighted by Gasteiger charge is -2.13. The van der Waals surface area contributed by atoms with E-state index < -0.39 is 10.0 Å². The van der Waals surface area contributed by atoms with Gasteiger partial charge in [0.25, 0.3) is 0 Å². The first-order valence-electron chi connectivity index (χ1n) is 6.98. The lowest BCUT2D eigenvalue weighted by atomic mass is 10.2. The predicted molar refractivity (Wildman–Crippen MR) is 84.5 cm³/mol. The van der Waals surface area contributed by atoms with Crippen molar-refractivity contribution >= 4 is 21.7 Å². The highest BCUT2D eigenvalue weighted by molar-refractivity contribution is 7.89. The molecule has 5 N–H and O–H groups in total. The molecule has 0 aliphatic carbocycles. The third kappa shape index (κ3) is 5.44. The van der Waals surface area contributed by atoms with Crippen molar-refractivity contribution in [2.45, 2.75) is 33.6 Å². The number of nitrogens with one attached hydrogen (secondary N) is 3. The Labute approximate surface area is 126 Å². The molecule has 0 unspecified atom stereocenters. The molecular weight excluding hydrogens is 292 g/mol. The molecule has 120 valence electrons. The molecule has 1 aromatic rings. The van der Waals surface area contributed by atoms with Gasteiger partial charge < -0.3 is 10.7 Å². The number of aryl methyl sites for hydroxylation is 1. The average Bonchev–Trinajstić information content (AvgIpc) is 2.42. The maximum Gasteiger partial charge on any atom is 0.213 e. The van der Waals surface area contributed by atoms with Gasteiger partial charge >= 0.3 is 0 Å². The van der Waals surface area contributed by atoms with Crippen LogP contribution in [-0.2, 0) is 16.4 Å². The van der Waals surface area contributed by atoms with Crippen LogP contribution >= 0.6 is 0 Å². The summed E-state index contributed by atoms with van der Waals surface area (Å²) in [5.74, 6) is 7.26. The van der Waals surface area contributed by atoms with Crippen LogP contribution in [0.1, 0.15) is 31.7 Å². The molecule has 0 aliphatic heterocycles. The Morgan fingerprint density at radius 2 is 1.86 bits per heavy atom. The minimum Gasteiger partial charge on any atom is -0.369 e. The summed E-state index contributed by atoms with van der Waals surface area (Å²) in [6.07, 6.45) is 1.65. The van der Waals surface area contributed by atoms with Crippen molar-refractivity contribution in [1.82, 2.24) is 14.7 Å². The molecule has 0 saturated carbocycles. The lowest BCUT2D eigenvalue weighted by Crippen LogP contribution is -2.29. The molecule has 0 spiro atoms. The van der Waals surface area contributed by atoms with Gasteiger partial charge in [0.15, 0.2) is 0 Å². The average molecular weight is 316 g/mol. The van der Waals surface area contributed by atoms with E-state index in [0.29, 0.717) is 24.0 Å². The minimum absolute atomic E-state index is 0.0151. The number of sulfonamides is 1. The molecule has 21 heavy (non-hydrogen) atoms. The van der Waals surface area contributed by atoms with Crippen molar-refractivity contribution in [2.75, 3.05) is 29.6 Å². The topological polar surface area (TPSA) is 122 Å². The molecule has 0 radical (unpaired) electrons. The van der Waals surface area contributed by atoms with Gasteiger partial charge in [0.05, 0.1) is 5.75 Å². The third-order valence-corrected chi connectivity index (χ3v) is 4.30. The zero-order chi connectivity index (χ0) is 15.9. The summed E-state index contributed by atoms with van der Waals surface area (Å²) in [5, 5.41) is 3.04. The van der Waals surface area contributed by atoms with Crippen LogP contribution in [0.2, 0.25) is 0 Å². The van der Waals surface area contributed by atoms with Crippen molar-refractivity contribution in [3.63, 3.8) is 0 Å². The van der Waals surface area contributed by atoms with Crippen LogP contribution in [0.4, 0.5) is 11.6 Å². The summed E-state index contributed by atoms with van der Waals surface area (Å²) in [7, 11) is -3.25. The monoisotopic (exact) mass is 316 g/mol. The second kappa shape index (κ2) is 8.11. The van der Waals surface area contributed by atoms with Gasteiger partial charge in [-0.05, 0) is 13.3 Å². The highest BCUT2D eigenvalue weighted by atomic mass is 32.2. The second-order valence-electron chi connectivity index (χ2n) is 4.60. The fraction of sp³-hybridized carbons (Fsp3) is 0.667. The normalized spacial score (nSPS) is 11.4. The number of rotatable bonds is 9. The number of hydrogen-bond acceptors (Lipinski definition) is 7. The Morgan fingerprint density at radius 1 is 1.19 bits per heavy atom. The Kier molecular flexibility index (Phi) is 6.79. The van der Waals surface area contributed by atoms with Crippen LogP contribution in [0.25, 0.3) is 0 Å². The molecule has 0 saturated heterocycles. The molecule has 0 aliphatic rings. The quantitative estimate of drug-likeness (QED) is 0.383. The number of nitrogens with two attached hydrogens (primary N) is 1. The van der Waals surface area contributed by atoms with Gasteiger partial charge in [-0.1, -0.05) is 13.8 Å². The van der Waals surface area contributed by atoms with Crippen LogP contribution in [0, 0.1) is 6.92 Å². The molecular formula is C12H24N6O2S. The van der Waals surface area contributed by atoms with E-state index in [1.54, 1.807) is 6.92 Å². The summed E-state index contributed by atoms with van der Waals surface area (Å²) < 4.78 is 25.6. The summed E-state index contributed by atoms with van der Waals surface area (Å²) >= 11 is 0. The van der Waals surface area contributed by atoms with Crippen LogP contribution < -0.4 is 21.3 Å². The number of aromatic nitrogens is 2. The highest BCUT2D eigenvalue weighted by Gasteiger charge is 2.12. The van der Waals surface area contributed by atoms with E-state index in [1.807, 2.05) is 13.8 Å². The molecule has 1 aromatic heterocycles. The number of nitrogens with zero attached hydrogens (tertiary/aromatic N) is 2. The number of hydrazine groups is 1. The molecule has 9 heteroatoms. The number of hydrogen-bond donors (Lipinski definition) is 4. The Balaban J connectivity index is 2.80. The van der Waals surface area contributed by atoms with Crippen molar-refractivity contribution in [1.29, 1.82) is 0 Å². The summed E-state index contributed by atoms with van der Waals surface area (Å²) in [6, 6.07) is 0. The molecule has 1 heterocycles. The van der Waals surface area contributed by atoms with E-state index in [2.05, 4.69) is 25.4 Å². The molecule has 8 nitrogen and oxygen atoms in total. The zero-order valence-corrected chi connectivity index (χ0v) is 13.5. The highest BCUT2D eigenvalue weighted by Crippen LogP contribution is 2.19. The Bertz CT molecular complexity index is 561. The van der Waals surface area contributed by atoms with Gasteiger partial charge in [-0.25, -0.2) is 29.0 Å². The van der Waals surface area contributed by atoms with Crippen LogP contribution in [-0.4, -0.2) is 37.2 Å². The van der Waals surface area contributed by atoms with E-state index in [-0.39, 0.29) is 12.3 Å². The van der Waals surface area contributed by atoms with E-state index in [0.717, 1.165) is 18.4 Å². The minimum atomic E-state index is -3.25. The van der Waals surface area contributed by atoms with Crippen LogP contribution in [0.5, 0.6) is 0 Å². The largest absolute Gasteiger partial charge is 0.369 e. The number of nitrogen functional groups attached to an aromatic ring is 1. The van der Waals surface area contributed by atoms with Crippen molar-refractivity contribution in [3.8, 4) is 0 Å². The molecule has 0 fully saturated rings. The summed E-state index contributed by atoms with van der Waals surface area (Å²) in [6.45, 7) is 6.26. The van der Waals surface area contributed by atoms with E-state index in [9.17, 15) is 8.42 Å². The standard InChI is InChI=1S/C12H24N6O2S/c1-4-6-10-16-11(9(3)12(17-10)18-13)14-7-8-21(19,20)15-5-2/h15H,4-8,13H2,1-3H3,(H2,14,16,17,18). The fourth-order valence-electron chi connectivity index (χ4n) is 1.81. The first kappa shape index (κ1) is 17.6. The summed E-state index contributed by atoms with van der Waals surface area (Å²) in [5.41, 5.74) is 3.30. The van der Waals surface area contributed by atoms with Crippen LogP contribution in [0.3, 0.4) is 0 Å². The number of anilines is 2. The van der Waals surface area contributed by atoms with E-state index >= 15 is 0 Å². The molecule has 0 atom stereocenters. The SMILES string of the molecule is CCCc1nc(NN)c(C)c(NCCS(=O)(=O)NCC)n1. The fourth-order valence-corrected chi connectivity index (χ4v) is 2.76. The van der Waals surface area contributed by atoms with Crippen molar-refractivity contribution < 1.29 is 8.42 Å². The van der Waals surface area contributed by atoms with Gasteiger partial charge in [0, 0.05) is 25.1 Å². The van der Waals surface area contributed by atoms with E-state index in [4.69, 9.17) is 5.84 Å². The maximum absolute atomic E-state index is 11.6. The predicted octanol–water partition coefficient (Wildman–Crippen LogP) is 0.374. The first-order valence-corrected chi connectivity index (χ1v) is 8.64. The lowest BCUT2D eigenvalue weighted by molar-refractivity contribution is 0.584. The van der Waals surface area contributed by atoms with Crippen LogP contribution in [0.15, 0.2) is 0 Å². The molecule has 0 aromatic carbocycles. The van der Waals surface area contributed by atoms with Crippen molar-refractivity contribution in [2.24, 2.45) is 5.84 Å². The third-order valence-electron chi connectivity index (χ3n) is 2.83. The Hall–Kier alpha value is -1.45. The molecule has 0 amide bonds. The van der Waals surface area contributed by atoms with Gasteiger partial charge in [0.1, 0.15) is 17.5 Å². The van der Waals surface area contributed by atoms with E-state index in [1.165, 1.54) is 0 Å². The van der Waals surface area contributed by atoms with Gasteiger partial charge in [-0.15, -0.1) is 0 Å². The first-order chi connectivity index (χ1) is 9.93. The molecule has 1 rings (SSSR count). The maximum atomic E-state index is 11.6. The second-order valence-corrected chi connectivity index (χ2v) is 6.53. The van der Waals surface area contributed by atoms with Gasteiger partial charge in [-0.2, -0.15) is 0 Å². The van der Waals surface area contributed by atoms with Crippen molar-refractivity contribution in [3.05, 3.63) is 11.4 Å². The Morgan fingerprint density at radius 3 is 2.43 bits per heavy atom. The van der Waals surface area contributed by atoms with Gasteiger partial charge in [-0.3, -0.25) is 0 Å². The van der Waals surface area contributed by atoms with Gasteiger partial charge in [0.2, 0.25) is 10.0 Å². The zero-order valence-electron chi connectivity index (χ0n) is 12.7.